The standard InChI is InChI=1S/C17H21F3O4.C10H16O4.C7H4F3.BrH.Mg/c1-5-23-14(21)13(15(22)24-6-2)16(3,4)11-7-9-12(10-8-11)17(18,19)20;1-5-13-9(11)8(7(3)4)10(12)14-6-2;8-7(9,10)6-4-2-1-3-5-6;;/h7-10,13H,5-6H2,1-4H3;5-6H2,1-4H3;2-5H;1H;/q;;-1;;+2/p-1. The van der Waals surface area contributed by atoms with Gasteiger partial charge in [0.2, 0.25) is 0 Å². The molecular weight excluding hydrogens is 755 g/mol. The summed E-state index contributed by atoms with van der Waals surface area (Å²) in [5, 5.41) is 0. The maximum absolute atomic E-state index is 12.7. The second-order valence-corrected chi connectivity index (χ2v) is 10.3. The van der Waals surface area contributed by atoms with Crippen LogP contribution in [0.15, 0.2) is 59.7 Å². The maximum atomic E-state index is 12.7. The number of esters is 4. The van der Waals surface area contributed by atoms with Crippen molar-refractivity contribution in [3.8, 4) is 0 Å². The van der Waals surface area contributed by atoms with Gasteiger partial charge in [0.05, 0.1) is 32.0 Å². The van der Waals surface area contributed by atoms with E-state index in [1.807, 2.05) is 0 Å². The van der Waals surface area contributed by atoms with Crippen LogP contribution in [0.1, 0.15) is 72.1 Å². The molecule has 0 spiro atoms. The normalized spacial score (nSPS) is 10.7. The van der Waals surface area contributed by atoms with E-state index in [9.17, 15) is 45.5 Å². The van der Waals surface area contributed by atoms with Crippen LogP contribution in [0.3, 0.4) is 0 Å². The Bertz CT molecular complexity index is 1320. The molecule has 276 valence electrons. The molecular formula is C34H41BrF6MgO8. The Balaban J connectivity index is -0.000000721. The number of carbonyl (C=O) groups excluding carboxylic acids is 4. The Morgan fingerprint density at radius 3 is 1.22 bits per heavy atom. The summed E-state index contributed by atoms with van der Waals surface area (Å²) in [7, 11) is 0. The van der Waals surface area contributed by atoms with Crippen molar-refractivity contribution in [3.63, 3.8) is 0 Å². The van der Waals surface area contributed by atoms with E-state index in [-0.39, 0.29) is 72.0 Å². The SMILES string of the molecule is CCOC(=O)C(C(=O)OCC)=C(C)C.CCOC(=O)C(C(=O)OCC)C(C)(C)c1ccc(C(F)(F)F)cc1.FC(F)(F)c1cc[c-]cc1.[Br-].[Mg+2]. The van der Waals surface area contributed by atoms with Crippen LogP contribution in [0.2, 0.25) is 0 Å². The molecule has 0 fully saturated rings. The van der Waals surface area contributed by atoms with Crippen molar-refractivity contribution < 1.29 is 81.4 Å². The molecule has 0 unspecified atom stereocenters. The van der Waals surface area contributed by atoms with Crippen molar-refractivity contribution in [1.82, 2.24) is 0 Å². The van der Waals surface area contributed by atoms with E-state index in [0.29, 0.717) is 11.1 Å². The van der Waals surface area contributed by atoms with Crippen LogP contribution in [0.25, 0.3) is 0 Å². The molecule has 16 heteroatoms. The average Bonchev–Trinajstić information content (AvgIpc) is 2.98. The average molecular weight is 796 g/mol. The molecule has 0 atom stereocenters. The Hall–Kier alpha value is -3.11. The van der Waals surface area contributed by atoms with Crippen LogP contribution in [0.5, 0.6) is 0 Å². The zero-order valence-electron chi connectivity index (χ0n) is 29.1. The number of halogens is 7. The molecule has 0 bridgehead atoms. The van der Waals surface area contributed by atoms with E-state index in [1.54, 1.807) is 55.4 Å². The van der Waals surface area contributed by atoms with Crippen molar-refractivity contribution in [2.24, 2.45) is 5.92 Å². The predicted molar refractivity (Wildman–Crippen MR) is 169 cm³/mol. The van der Waals surface area contributed by atoms with Crippen LogP contribution >= 0.6 is 0 Å². The van der Waals surface area contributed by atoms with Crippen molar-refractivity contribution >= 4 is 46.9 Å². The van der Waals surface area contributed by atoms with Crippen LogP contribution < -0.4 is 17.0 Å². The zero-order valence-corrected chi connectivity index (χ0v) is 32.1. The molecule has 0 aliphatic rings. The Labute approximate surface area is 315 Å². The quantitative estimate of drug-likeness (QED) is 0.0513. The van der Waals surface area contributed by atoms with Gasteiger partial charge in [0, 0.05) is 5.41 Å². The van der Waals surface area contributed by atoms with Gasteiger partial charge in [0.15, 0.2) is 5.92 Å². The molecule has 0 amide bonds. The second kappa shape index (κ2) is 24.1. The van der Waals surface area contributed by atoms with Crippen molar-refractivity contribution in [3.05, 3.63) is 82.4 Å². The minimum absolute atomic E-state index is 0. The summed E-state index contributed by atoms with van der Waals surface area (Å²) >= 11 is 0. The molecule has 0 aliphatic carbocycles. The molecule has 50 heavy (non-hydrogen) atoms. The van der Waals surface area contributed by atoms with Gasteiger partial charge in [0.25, 0.3) is 0 Å². The Morgan fingerprint density at radius 1 is 0.620 bits per heavy atom. The molecule has 0 saturated carbocycles. The largest absolute Gasteiger partial charge is 2.00 e. The third kappa shape index (κ3) is 17.2. The smallest absolute Gasteiger partial charge is 1.00 e. The van der Waals surface area contributed by atoms with Gasteiger partial charge in [-0.1, -0.05) is 37.1 Å². The zero-order chi connectivity index (χ0) is 37.3. The molecule has 2 aromatic carbocycles. The van der Waals surface area contributed by atoms with Crippen LogP contribution in [0.4, 0.5) is 26.3 Å². The molecule has 0 heterocycles. The molecule has 0 aromatic heterocycles. The van der Waals surface area contributed by atoms with Crippen LogP contribution in [-0.4, -0.2) is 73.4 Å². The topological polar surface area (TPSA) is 105 Å². The van der Waals surface area contributed by atoms with E-state index in [0.717, 1.165) is 24.3 Å². The Morgan fingerprint density at radius 2 is 0.940 bits per heavy atom. The fourth-order valence-electron chi connectivity index (χ4n) is 3.87. The number of hydrogen-bond acceptors (Lipinski definition) is 8. The molecule has 2 aromatic rings. The number of alkyl halides is 6. The number of carbonyl (C=O) groups is 4. The van der Waals surface area contributed by atoms with Gasteiger partial charge in [-0.05, 0) is 59.2 Å². The maximum Gasteiger partial charge on any atom is 2.00 e. The van der Waals surface area contributed by atoms with E-state index in [2.05, 4.69) is 6.07 Å². The summed E-state index contributed by atoms with van der Waals surface area (Å²) in [6.45, 7) is 13.8. The predicted octanol–water partition coefficient (Wildman–Crippen LogP) is 4.30. The van der Waals surface area contributed by atoms with Gasteiger partial charge in [-0.2, -0.15) is 56.7 Å². The minimum atomic E-state index is -4.45. The first-order chi connectivity index (χ1) is 22.2. The van der Waals surface area contributed by atoms with E-state index in [4.69, 9.17) is 18.9 Å². The van der Waals surface area contributed by atoms with Gasteiger partial charge in [-0.3, -0.25) is 9.59 Å². The van der Waals surface area contributed by atoms with Gasteiger partial charge >= 0.3 is 59.3 Å². The molecule has 0 saturated heterocycles. The number of ether oxygens (including phenoxy) is 4. The third-order valence-electron chi connectivity index (χ3n) is 6.23. The first-order valence-corrected chi connectivity index (χ1v) is 14.8. The molecule has 0 N–H and O–H groups in total. The van der Waals surface area contributed by atoms with E-state index >= 15 is 0 Å². The number of benzene rings is 2. The first kappa shape index (κ1) is 51.3. The summed E-state index contributed by atoms with van der Waals surface area (Å²) in [5.41, 5.74) is -1.53. The summed E-state index contributed by atoms with van der Waals surface area (Å²) in [4.78, 5) is 47.0. The monoisotopic (exact) mass is 794 g/mol. The van der Waals surface area contributed by atoms with Gasteiger partial charge in [-0.25, -0.2) is 9.59 Å². The fourth-order valence-corrected chi connectivity index (χ4v) is 3.87. The number of rotatable bonds is 10. The number of allylic oxidation sites excluding steroid dienone is 1. The number of hydrogen-bond donors (Lipinski definition) is 0. The van der Waals surface area contributed by atoms with E-state index < -0.39 is 58.7 Å². The molecule has 0 aliphatic heterocycles. The van der Waals surface area contributed by atoms with Crippen LogP contribution in [-0.2, 0) is 55.9 Å². The summed E-state index contributed by atoms with van der Waals surface area (Å²) in [6.07, 6.45) is -8.68. The molecule has 2 rings (SSSR count). The van der Waals surface area contributed by atoms with Gasteiger partial charge < -0.3 is 35.9 Å². The fraction of sp³-hybridized carbons (Fsp3) is 0.471. The first-order valence-electron chi connectivity index (χ1n) is 14.8. The molecule has 8 nitrogen and oxygen atoms in total. The van der Waals surface area contributed by atoms with Crippen molar-refractivity contribution in [2.45, 2.75) is 73.2 Å². The van der Waals surface area contributed by atoms with Gasteiger partial charge in [-0.15, -0.1) is 0 Å². The Kier molecular flexibility index (Phi) is 24.7. The van der Waals surface area contributed by atoms with Crippen molar-refractivity contribution in [1.29, 1.82) is 0 Å². The van der Waals surface area contributed by atoms with E-state index in [1.165, 1.54) is 24.3 Å². The summed E-state index contributed by atoms with van der Waals surface area (Å²) in [6, 6.07) is 11.3. The second-order valence-electron chi connectivity index (χ2n) is 10.3. The summed E-state index contributed by atoms with van der Waals surface area (Å²) < 4.78 is 92.7. The minimum Gasteiger partial charge on any atom is -1.00 e. The summed E-state index contributed by atoms with van der Waals surface area (Å²) in [5.74, 6) is -4.03. The van der Waals surface area contributed by atoms with Crippen LogP contribution in [0, 0.1) is 12.0 Å². The van der Waals surface area contributed by atoms with Gasteiger partial charge in [0.1, 0.15) is 5.57 Å². The molecule has 0 radical (unpaired) electrons. The third-order valence-corrected chi connectivity index (χ3v) is 6.23. The van der Waals surface area contributed by atoms with Crippen molar-refractivity contribution in [2.75, 3.05) is 26.4 Å².